The number of allylic oxidation sites excluding steroid dienone is 4. The Morgan fingerprint density at radius 2 is 0.709 bits per heavy atom. The van der Waals surface area contributed by atoms with Crippen LogP contribution in [0.5, 0.6) is 5.75 Å². The van der Waals surface area contributed by atoms with E-state index in [1.165, 1.54) is 308 Å². The number of carbonyl (C=O) groups excluding carboxylic acids is 3. The van der Waals surface area contributed by atoms with E-state index in [2.05, 4.69) is 77.0 Å². The molecule has 0 aromatic heterocycles. The minimum absolute atomic E-state index is 0.0290. The molecule has 0 bridgehead atoms. The summed E-state index contributed by atoms with van der Waals surface area (Å²) < 4.78 is 2.63. The Hall–Kier alpha value is -3.02. The van der Waals surface area contributed by atoms with Crippen LogP contribution in [0.15, 0.2) is 41.5 Å². The first-order valence-electron chi connectivity index (χ1n) is 38.3. The number of phenolic OH excluding ortho intramolecular Hbond substituents is 1. The first-order chi connectivity index (χ1) is 42.1. The number of aromatic hydroxyl groups is 1. The Kier molecular flexibility index (Phi) is 45.5. The smallest absolute Gasteiger partial charge is 0.183 e. The molecular weight excluding hydrogens is 1050 g/mol. The van der Waals surface area contributed by atoms with Gasteiger partial charge in [-0.1, -0.05) is 318 Å². The zero-order chi connectivity index (χ0) is 62.2. The lowest BCUT2D eigenvalue weighted by Gasteiger charge is -2.34. The Labute approximate surface area is 533 Å². The van der Waals surface area contributed by atoms with Crippen LogP contribution in [0.1, 0.15) is 381 Å². The second-order valence-electron chi connectivity index (χ2n) is 28.0. The lowest BCUT2D eigenvalue weighted by atomic mass is 9.69. The van der Waals surface area contributed by atoms with Gasteiger partial charge in [0, 0.05) is 53.9 Å². The molecule has 0 aliphatic heterocycles. The van der Waals surface area contributed by atoms with E-state index in [0.717, 1.165) is 37.6 Å². The number of hydrogen-bond donors (Lipinski definition) is 1. The molecule has 2 aliphatic carbocycles. The summed E-state index contributed by atoms with van der Waals surface area (Å²) in [7, 11) is 0. The number of nitrogens with zero attached hydrogens (tertiary/aromatic N) is 2. The van der Waals surface area contributed by atoms with Crippen LogP contribution in [-0.4, -0.2) is 58.9 Å². The standard InChI is InChI=1S/C80H140N2O4/c1-9-17-25-33-37-45-53-67(49-41-29-21-13-5)63-81(64-68(50-42-30-22-14-6)54-46-38-34-26-18-10-2)71-57-59-73(75(83)61-71)77-79(85)78(80(77)86)74-60-58-72(62-76(74)84)82(65-69(51-43-31-23-15-7)55-47-39-35-27-19-11-3)66-70(52-44-32-24-16-8)56-48-40-36-28-20-12-4/h57-61,67-70,77H,9-56,62-66H2,1-8H3/p+1. The van der Waals surface area contributed by atoms with Gasteiger partial charge in [-0.3, -0.25) is 14.4 Å². The molecule has 1 aromatic rings. The highest BCUT2D eigenvalue weighted by atomic mass is 16.3. The summed E-state index contributed by atoms with van der Waals surface area (Å²) in [5.41, 5.74) is 2.79. The number of Topliss-reactive ketones (excluding diaryl/α,β-unsaturated/α-hetero) is 3. The van der Waals surface area contributed by atoms with Crippen LogP contribution < -0.4 is 4.90 Å². The highest BCUT2D eigenvalue weighted by Crippen LogP contribution is 2.42. The van der Waals surface area contributed by atoms with E-state index in [4.69, 9.17) is 0 Å². The van der Waals surface area contributed by atoms with Crippen LogP contribution in [0, 0.1) is 23.7 Å². The third-order valence-corrected chi connectivity index (χ3v) is 20.1. The van der Waals surface area contributed by atoms with Gasteiger partial charge < -0.3 is 10.0 Å². The number of unbranched alkanes of at least 4 members (excludes halogenated alkanes) is 32. The van der Waals surface area contributed by atoms with E-state index in [-0.39, 0.29) is 40.7 Å². The summed E-state index contributed by atoms with van der Waals surface area (Å²) in [5.74, 6) is 0.508. The van der Waals surface area contributed by atoms with Gasteiger partial charge >= 0.3 is 0 Å². The number of anilines is 1. The first kappa shape index (κ1) is 77.2. The van der Waals surface area contributed by atoms with Crippen molar-refractivity contribution in [1.82, 2.24) is 0 Å². The Morgan fingerprint density at radius 3 is 1.02 bits per heavy atom. The maximum atomic E-state index is 14.6. The fourth-order valence-electron chi connectivity index (χ4n) is 14.4. The SMILES string of the molecule is CCCCCCCCC(CCCCCC)CN(CC(CCCCCC)CCCCCCCC)c1ccc(C2C(=O)C(=C3C=CC(=[N+](CC(CCCCCC)CCCCCCCC)CC(CCCCCC)CCCCCCCC)CC3=O)C2=O)c(O)c1. The molecule has 0 heterocycles. The number of carbonyl (C=O) groups is 3. The fourth-order valence-corrected chi connectivity index (χ4v) is 14.4. The van der Waals surface area contributed by atoms with Gasteiger partial charge in [-0.25, -0.2) is 4.58 Å². The molecule has 1 aromatic carbocycles. The number of ketones is 3. The van der Waals surface area contributed by atoms with E-state index >= 15 is 0 Å². The van der Waals surface area contributed by atoms with Gasteiger partial charge in [0.25, 0.3) is 0 Å². The highest BCUT2D eigenvalue weighted by Gasteiger charge is 2.49. The summed E-state index contributed by atoms with van der Waals surface area (Å²) in [6, 6.07) is 5.87. The van der Waals surface area contributed by atoms with E-state index in [0.29, 0.717) is 29.2 Å². The molecule has 6 heteroatoms. The monoisotopic (exact) mass is 1190 g/mol. The largest absolute Gasteiger partial charge is 0.508 e. The van der Waals surface area contributed by atoms with Gasteiger partial charge in [-0.2, -0.15) is 0 Å². The van der Waals surface area contributed by atoms with Crippen molar-refractivity contribution in [1.29, 1.82) is 0 Å². The molecule has 0 radical (unpaired) electrons. The van der Waals surface area contributed by atoms with Crippen molar-refractivity contribution < 1.29 is 24.1 Å². The number of phenols is 1. The van der Waals surface area contributed by atoms with Crippen molar-refractivity contribution in [3.8, 4) is 5.75 Å². The zero-order valence-electron chi connectivity index (χ0n) is 58.3. The molecule has 494 valence electrons. The average Bonchev–Trinajstić information content (AvgIpc) is 1.33. The Bertz CT molecular complexity index is 1910. The van der Waals surface area contributed by atoms with E-state index in [9.17, 15) is 19.5 Å². The highest BCUT2D eigenvalue weighted by molar-refractivity contribution is 6.44. The minimum atomic E-state index is -1.08. The second-order valence-corrected chi connectivity index (χ2v) is 28.0. The van der Waals surface area contributed by atoms with Gasteiger partial charge in [0.05, 0.1) is 12.0 Å². The first-order valence-corrected chi connectivity index (χ1v) is 38.3. The molecule has 3 rings (SSSR count). The molecule has 4 unspecified atom stereocenters. The molecule has 1 saturated carbocycles. The third kappa shape index (κ3) is 32.1. The van der Waals surface area contributed by atoms with Crippen LogP contribution in [0.3, 0.4) is 0 Å². The predicted octanol–water partition coefficient (Wildman–Crippen LogP) is 24.1. The summed E-state index contributed by atoms with van der Waals surface area (Å²) >= 11 is 0. The van der Waals surface area contributed by atoms with Gasteiger partial charge in [-0.15, -0.1) is 0 Å². The van der Waals surface area contributed by atoms with Gasteiger partial charge in [-0.05, 0) is 75.3 Å². The molecule has 2 aliphatic rings. The van der Waals surface area contributed by atoms with Crippen molar-refractivity contribution in [2.24, 2.45) is 23.7 Å². The van der Waals surface area contributed by atoms with Gasteiger partial charge in [0.1, 0.15) is 24.8 Å². The van der Waals surface area contributed by atoms with Crippen molar-refractivity contribution in [3.63, 3.8) is 0 Å². The van der Waals surface area contributed by atoms with Crippen molar-refractivity contribution in [2.75, 3.05) is 31.1 Å². The van der Waals surface area contributed by atoms with Crippen molar-refractivity contribution in [3.05, 3.63) is 47.1 Å². The Balaban J connectivity index is 2.03. The lowest BCUT2D eigenvalue weighted by Crippen LogP contribution is -2.41. The maximum absolute atomic E-state index is 14.6. The normalized spacial score (nSPS) is 15.9. The number of hydrogen-bond acceptors (Lipinski definition) is 5. The van der Waals surface area contributed by atoms with Crippen LogP contribution >= 0.6 is 0 Å². The van der Waals surface area contributed by atoms with Crippen molar-refractivity contribution in [2.45, 2.75) is 376 Å². The number of rotatable bonds is 58. The van der Waals surface area contributed by atoms with Crippen LogP contribution in [-0.2, 0) is 14.4 Å². The molecule has 0 spiro atoms. The zero-order valence-corrected chi connectivity index (χ0v) is 58.3. The van der Waals surface area contributed by atoms with E-state index in [1.807, 2.05) is 18.2 Å². The lowest BCUT2D eigenvalue weighted by molar-refractivity contribution is -0.543. The van der Waals surface area contributed by atoms with Crippen molar-refractivity contribution >= 4 is 28.7 Å². The van der Waals surface area contributed by atoms with E-state index < -0.39 is 5.92 Å². The molecule has 0 amide bonds. The minimum Gasteiger partial charge on any atom is -0.508 e. The molecule has 1 N–H and O–H groups in total. The summed E-state index contributed by atoms with van der Waals surface area (Å²) in [6.07, 6.45) is 65.7. The summed E-state index contributed by atoms with van der Waals surface area (Å²) in [5, 5.41) is 12.1. The van der Waals surface area contributed by atoms with Crippen LogP contribution in [0.4, 0.5) is 5.69 Å². The van der Waals surface area contributed by atoms with Crippen LogP contribution in [0.25, 0.3) is 0 Å². The quantitative estimate of drug-likeness (QED) is 0.0231. The number of benzene rings is 1. The summed E-state index contributed by atoms with van der Waals surface area (Å²) in [6.45, 7) is 22.3. The Morgan fingerprint density at radius 1 is 0.407 bits per heavy atom. The average molecular weight is 1200 g/mol. The fraction of sp³-hybridized carbons (Fsp3) is 0.825. The molecule has 0 saturated heterocycles. The topological polar surface area (TPSA) is 77.7 Å². The van der Waals surface area contributed by atoms with Gasteiger partial charge in [0.15, 0.2) is 23.1 Å². The van der Waals surface area contributed by atoms with Crippen LogP contribution in [0.2, 0.25) is 0 Å². The molecule has 4 atom stereocenters. The summed E-state index contributed by atoms with van der Waals surface area (Å²) in [4.78, 5) is 46.2. The third-order valence-electron chi connectivity index (χ3n) is 20.1. The molecule has 6 nitrogen and oxygen atoms in total. The predicted molar refractivity (Wildman–Crippen MR) is 375 cm³/mol. The van der Waals surface area contributed by atoms with E-state index in [1.54, 1.807) is 0 Å². The molecule has 1 fully saturated rings. The molecular formula is C80H141N2O4+. The van der Waals surface area contributed by atoms with Gasteiger partial charge in [0.2, 0.25) is 0 Å². The second kappa shape index (κ2) is 50.7. The maximum Gasteiger partial charge on any atom is 0.183 e. The molecule has 86 heavy (non-hydrogen) atoms.